The second-order valence-corrected chi connectivity index (χ2v) is 7.72. The summed E-state index contributed by atoms with van der Waals surface area (Å²) in [6, 6.07) is 0. The van der Waals surface area contributed by atoms with Gasteiger partial charge in [-0.25, -0.2) is 0 Å². The summed E-state index contributed by atoms with van der Waals surface area (Å²) < 4.78 is 10.4. The molecule has 0 rings (SSSR count). The van der Waals surface area contributed by atoms with E-state index < -0.39 is 34.7 Å². The molecule has 0 aromatic heterocycles. The van der Waals surface area contributed by atoms with E-state index in [0.717, 1.165) is 0 Å². The molecule has 0 bridgehead atoms. The summed E-state index contributed by atoms with van der Waals surface area (Å²) in [5.74, 6) is -2.62. The number of carboxylic acid groups (broad SMARTS) is 1. The first kappa shape index (κ1) is 23.4. The van der Waals surface area contributed by atoms with Gasteiger partial charge in [0.15, 0.2) is 0 Å². The molecule has 0 fully saturated rings. The highest BCUT2D eigenvalue weighted by molar-refractivity contribution is 5.81. The average Bonchev–Trinajstić information content (AvgIpc) is 2.45. The minimum absolute atomic E-state index is 0.0893. The maximum atomic E-state index is 12.7. The molecule has 0 aliphatic carbocycles. The fraction of sp³-hybridized carbons (Fsp3) is 0.833. The van der Waals surface area contributed by atoms with Gasteiger partial charge in [-0.05, 0) is 54.6 Å². The van der Waals surface area contributed by atoms with Crippen molar-refractivity contribution in [1.82, 2.24) is 4.90 Å². The molecule has 25 heavy (non-hydrogen) atoms. The minimum atomic E-state index is -1.10. The molecule has 0 radical (unpaired) electrons. The molecule has 2 unspecified atom stereocenters. The molecule has 0 aliphatic heterocycles. The molecule has 0 aromatic carbocycles. The van der Waals surface area contributed by atoms with Crippen LogP contribution in [0, 0.1) is 16.7 Å². The van der Waals surface area contributed by atoms with Gasteiger partial charge in [0.2, 0.25) is 0 Å². The van der Waals surface area contributed by atoms with Crippen LogP contribution in [-0.2, 0) is 23.9 Å². The van der Waals surface area contributed by atoms with Crippen LogP contribution >= 0.6 is 0 Å². The van der Waals surface area contributed by atoms with Gasteiger partial charge in [0, 0.05) is 6.54 Å². The lowest BCUT2D eigenvalue weighted by atomic mass is 9.70. The molecule has 0 saturated heterocycles. The molecule has 0 spiro atoms. The van der Waals surface area contributed by atoms with Crippen LogP contribution in [0.5, 0.6) is 0 Å². The predicted molar refractivity (Wildman–Crippen MR) is 94.1 cm³/mol. The molecular weight excluding hydrogens is 326 g/mol. The molecule has 0 aromatic rings. The van der Waals surface area contributed by atoms with Crippen LogP contribution in [0.25, 0.3) is 0 Å². The van der Waals surface area contributed by atoms with E-state index >= 15 is 0 Å². The van der Waals surface area contributed by atoms with Gasteiger partial charge < -0.3 is 19.5 Å². The summed E-state index contributed by atoms with van der Waals surface area (Å²) in [7, 11) is 3.73. The van der Waals surface area contributed by atoms with Gasteiger partial charge in [-0.3, -0.25) is 14.4 Å². The Morgan fingerprint density at radius 3 is 2.08 bits per heavy atom. The quantitative estimate of drug-likeness (QED) is 0.565. The molecule has 7 nitrogen and oxygen atoms in total. The van der Waals surface area contributed by atoms with E-state index in [1.165, 1.54) is 0 Å². The topological polar surface area (TPSA) is 93.1 Å². The number of aliphatic carboxylic acids is 1. The standard InChI is InChI=1S/C18H33NO6/c1-8-24-15(22)17(3,4)12-18(5,11-13(2)14(20)21)16(23)25-10-9-19(6)7/h13H,8-12H2,1-7H3,(H,20,21). The summed E-state index contributed by atoms with van der Waals surface area (Å²) in [5, 5.41) is 9.22. The molecule has 1 N–H and O–H groups in total. The lowest BCUT2D eigenvalue weighted by Gasteiger charge is -2.35. The van der Waals surface area contributed by atoms with Gasteiger partial charge >= 0.3 is 17.9 Å². The number of nitrogens with zero attached hydrogens (tertiary/aromatic N) is 1. The zero-order chi connectivity index (χ0) is 19.8. The maximum absolute atomic E-state index is 12.7. The summed E-state index contributed by atoms with van der Waals surface area (Å²) in [6.07, 6.45) is 0.239. The Hall–Kier alpha value is -1.63. The maximum Gasteiger partial charge on any atom is 0.311 e. The molecule has 146 valence electrons. The number of esters is 2. The van der Waals surface area contributed by atoms with Gasteiger partial charge in [0.05, 0.1) is 23.4 Å². The molecule has 0 saturated carbocycles. The first-order valence-corrected chi connectivity index (χ1v) is 8.57. The average molecular weight is 359 g/mol. The van der Waals surface area contributed by atoms with E-state index in [4.69, 9.17) is 9.47 Å². The van der Waals surface area contributed by atoms with Crippen molar-refractivity contribution in [2.24, 2.45) is 16.7 Å². The fourth-order valence-corrected chi connectivity index (χ4v) is 2.86. The van der Waals surface area contributed by atoms with E-state index in [1.807, 2.05) is 19.0 Å². The van der Waals surface area contributed by atoms with Crippen LogP contribution in [0.15, 0.2) is 0 Å². The van der Waals surface area contributed by atoms with Gasteiger partial charge in [-0.15, -0.1) is 0 Å². The summed E-state index contributed by atoms with van der Waals surface area (Å²) in [4.78, 5) is 38.0. The van der Waals surface area contributed by atoms with Crippen molar-refractivity contribution in [2.45, 2.75) is 47.5 Å². The number of carboxylic acids is 1. The lowest BCUT2D eigenvalue weighted by Crippen LogP contribution is -2.41. The highest BCUT2D eigenvalue weighted by atomic mass is 16.5. The number of ether oxygens (including phenoxy) is 2. The normalized spacial score (nSPS) is 15.4. The molecule has 7 heteroatoms. The monoisotopic (exact) mass is 359 g/mol. The van der Waals surface area contributed by atoms with Crippen LogP contribution < -0.4 is 0 Å². The molecule has 0 amide bonds. The molecule has 0 aliphatic rings. The van der Waals surface area contributed by atoms with Crippen molar-refractivity contribution in [3.8, 4) is 0 Å². The molecule has 2 atom stereocenters. The number of rotatable bonds is 11. The number of likely N-dealkylation sites (N-methyl/N-ethyl adjacent to an activating group) is 1. The third-order valence-corrected chi connectivity index (χ3v) is 4.10. The number of carbonyl (C=O) groups is 3. The van der Waals surface area contributed by atoms with Gasteiger partial charge in [0.25, 0.3) is 0 Å². The van der Waals surface area contributed by atoms with Gasteiger partial charge in [0.1, 0.15) is 6.61 Å². The zero-order valence-electron chi connectivity index (χ0n) is 16.5. The summed E-state index contributed by atoms with van der Waals surface area (Å²) in [6.45, 7) is 9.34. The Kier molecular flexibility index (Phi) is 9.11. The second-order valence-electron chi connectivity index (χ2n) is 7.72. The SMILES string of the molecule is CCOC(=O)C(C)(C)CC(C)(CC(C)C(=O)O)C(=O)OCCN(C)C. The van der Waals surface area contributed by atoms with Gasteiger partial charge in [-0.1, -0.05) is 6.92 Å². The molecule has 0 heterocycles. The van der Waals surface area contributed by atoms with Crippen molar-refractivity contribution in [2.75, 3.05) is 33.9 Å². The van der Waals surface area contributed by atoms with Crippen molar-refractivity contribution in [3.63, 3.8) is 0 Å². The third-order valence-electron chi connectivity index (χ3n) is 4.10. The zero-order valence-corrected chi connectivity index (χ0v) is 16.5. The number of hydrogen-bond acceptors (Lipinski definition) is 6. The van der Waals surface area contributed by atoms with Crippen molar-refractivity contribution in [3.05, 3.63) is 0 Å². The Morgan fingerprint density at radius 2 is 1.64 bits per heavy atom. The second kappa shape index (κ2) is 9.75. The first-order valence-electron chi connectivity index (χ1n) is 8.57. The van der Waals surface area contributed by atoms with Crippen LogP contribution in [0.1, 0.15) is 47.5 Å². The van der Waals surface area contributed by atoms with Crippen LogP contribution in [-0.4, -0.2) is 61.8 Å². The lowest BCUT2D eigenvalue weighted by molar-refractivity contribution is -0.164. The van der Waals surface area contributed by atoms with Crippen LogP contribution in [0.4, 0.5) is 0 Å². The van der Waals surface area contributed by atoms with E-state index in [0.29, 0.717) is 6.54 Å². The van der Waals surface area contributed by atoms with Crippen molar-refractivity contribution in [1.29, 1.82) is 0 Å². The van der Waals surface area contributed by atoms with Gasteiger partial charge in [-0.2, -0.15) is 0 Å². The van der Waals surface area contributed by atoms with E-state index in [2.05, 4.69) is 0 Å². The summed E-state index contributed by atoms with van der Waals surface area (Å²) in [5.41, 5.74) is -2.02. The largest absolute Gasteiger partial charge is 0.481 e. The van der Waals surface area contributed by atoms with E-state index in [1.54, 1.807) is 34.6 Å². The minimum Gasteiger partial charge on any atom is -0.481 e. The van der Waals surface area contributed by atoms with Crippen molar-refractivity contribution < 1.29 is 29.0 Å². The Labute approximate surface area is 150 Å². The number of carbonyl (C=O) groups excluding carboxylic acids is 2. The highest BCUT2D eigenvalue weighted by Crippen LogP contribution is 2.40. The van der Waals surface area contributed by atoms with Crippen molar-refractivity contribution >= 4 is 17.9 Å². The van der Waals surface area contributed by atoms with Crippen LogP contribution in [0.3, 0.4) is 0 Å². The first-order chi connectivity index (χ1) is 11.4. The summed E-state index contributed by atoms with van der Waals surface area (Å²) >= 11 is 0. The Bertz CT molecular complexity index is 474. The highest BCUT2D eigenvalue weighted by Gasteiger charge is 2.45. The predicted octanol–water partition coefficient (Wildman–Crippen LogP) is 2.19. The van der Waals surface area contributed by atoms with Crippen LogP contribution in [0.2, 0.25) is 0 Å². The van der Waals surface area contributed by atoms with E-state index in [9.17, 15) is 19.5 Å². The fourth-order valence-electron chi connectivity index (χ4n) is 2.86. The van der Waals surface area contributed by atoms with E-state index in [-0.39, 0.29) is 26.1 Å². The smallest absolute Gasteiger partial charge is 0.311 e. The Balaban J connectivity index is 5.34. The molecular formula is C18H33NO6. The Morgan fingerprint density at radius 1 is 1.08 bits per heavy atom. The number of hydrogen-bond donors (Lipinski definition) is 1. The third kappa shape index (κ3) is 7.86.